The van der Waals surface area contributed by atoms with Crippen LogP contribution < -0.4 is 5.32 Å². The van der Waals surface area contributed by atoms with E-state index in [2.05, 4.69) is 50.4 Å². The summed E-state index contributed by atoms with van der Waals surface area (Å²) in [6.45, 7) is 8.04. The molecule has 1 saturated carbocycles. The van der Waals surface area contributed by atoms with Gasteiger partial charge in [-0.25, -0.2) is 0 Å². The predicted octanol–water partition coefficient (Wildman–Crippen LogP) is 5.26. The molecule has 1 aromatic carbocycles. The minimum Gasteiger partial charge on any atom is -0.310 e. The van der Waals surface area contributed by atoms with E-state index in [1.807, 2.05) is 0 Å². The Balaban J connectivity index is 2.25. The van der Waals surface area contributed by atoms with Crippen molar-refractivity contribution >= 4 is 0 Å². The molecule has 0 spiro atoms. The Bertz CT molecular complexity index is 404. The molecule has 0 amide bonds. The van der Waals surface area contributed by atoms with Crippen LogP contribution in [0.15, 0.2) is 24.3 Å². The highest BCUT2D eigenvalue weighted by Gasteiger charge is 2.35. The van der Waals surface area contributed by atoms with Crippen molar-refractivity contribution in [3.8, 4) is 0 Å². The zero-order chi connectivity index (χ0) is 14.4. The molecule has 0 saturated heterocycles. The Morgan fingerprint density at radius 1 is 1.15 bits per heavy atom. The van der Waals surface area contributed by atoms with E-state index in [4.69, 9.17) is 0 Å². The fraction of sp³-hybridized carbons (Fsp3) is 0.684. The summed E-state index contributed by atoms with van der Waals surface area (Å²) in [5.74, 6) is 0. The van der Waals surface area contributed by atoms with Gasteiger partial charge in [-0.15, -0.1) is 0 Å². The molecule has 1 aliphatic carbocycles. The molecule has 1 fully saturated rings. The van der Waals surface area contributed by atoms with Crippen LogP contribution in [0.1, 0.15) is 76.5 Å². The van der Waals surface area contributed by atoms with Crippen molar-refractivity contribution in [2.75, 3.05) is 6.54 Å². The van der Waals surface area contributed by atoms with Crippen molar-refractivity contribution in [1.29, 1.82) is 0 Å². The highest BCUT2D eigenvalue weighted by Crippen LogP contribution is 2.45. The van der Waals surface area contributed by atoms with Crippen molar-refractivity contribution in [2.24, 2.45) is 5.41 Å². The van der Waals surface area contributed by atoms with E-state index in [0.29, 0.717) is 11.5 Å². The van der Waals surface area contributed by atoms with E-state index in [1.54, 1.807) is 0 Å². The first-order valence-electron chi connectivity index (χ1n) is 8.52. The molecule has 1 aromatic rings. The molecule has 2 rings (SSSR count). The number of benzene rings is 1. The van der Waals surface area contributed by atoms with Crippen LogP contribution in [0.2, 0.25) is 0 Å². The molecule has 0 bridgehead atoms. The number of rotatable bonds is 6. The first-order chi connectivity index (χ1) is 9.69. The van der Waals surface area contributed by atoms with Gasteiger partial charge in [0.25, 0.3) is 0 Å². The smallest absolute Gasteiger partial charge is 0.0374 e. The summed E-state index contributed by atoms with van der Waals surface area (Å²) in [7, 11) is 0. The summed E-state index contributed by atoms with van der Waals surface area (Å²) in [4.78, 5) is 0. The summed E-state index contributed by atoms with van der Waals surface area (Å²) < 4.78 is 0. The quantitative estimate of drug-likeness (QED) is 0.745. The van der Waals surface area contributed by atoms with Gasteiger partial charge < -0.3 is 5.32 Å². The van der Waals surface area contributed by atoms with Gasteiger partial charge >= 0.3 is 0 Å². The second-order valence-electron chi connectivity index (χ2n) is 6.70. The van der Waals surface area contributed by atoms with Crippen LogP contribution in [0.25, 0.3) is 0 Å². The van der Waals surface area contributed by atoms with Gasteiger partial charge in [0.2, 0.25) is 0 Å². The van der Waals surface area contributed by atoms with E-state index in [-0.39, 0.29) is 0 Å². The molecule has 1 aliphatic rings. The zero-order valence-electron chi connectivity index (χ0n) is 13.5. The van der Waals surface area contributed by atoms with Crippen LogP contribution >= 0.6 is 0 Å². The third kappa shape index (κ3) is 3.63. The molecule has 112 valence electrons. The highest BCUT2D eigenvalue weighted by molar-refractivity contribution is 5.28. The monoisotopic (exact) mass is 273 g/mol. The lowest BCUT2D eigenvalue weighted by atomic mass is 9.68. The molecule has 0 aromatic heterocycles. The summed E-state index contributed by atoms with van der Waals surface area (Å²) >= 11 is 0. The second kappa shape index (κ2) is 7.26. The third-order valence-electron chi connectivity index (χ3n) is 4.92. The van der Waals surface area contributed by atoms with Crippen molar-refractivity contribution in [2.45, 2.75) is 71.8 Å². The number of hydrogen-bond donors (Lipinski definition) is 1. The van der Waals surface area contributed by atoms with Gasteiger partial charge in [0.15, 0.2) is 0 Å². The van der Waals surface area contributed by atoms with E-state index in [1.165, 1.54) is 56.1 Å². The maximum absolute atomic E-state index is 3.78. The molecule has 20 heavy (non-hydrogen) atoms. The molecule has 1 heteroatoms. The Hall–Kier alpha value is -0.820. The second-order valence-corrected chi connectivity index (χ2v) is 6.70. The summed E-state index contributed by atoms with van der Waals surface area (Å²) in [5, 5.41) is 3.78. The zero-order valence-corrected chi connectivity index (χ0v) is 13.5. The summed E-state index contributed by atoms with van der Waals surface area (Å²) in [6, 6.07) is 9.81. The van der Waals surface area contributed by atoms with E-state index in [9.17, 15) is 0 Å². The maximum Gasteiger partial charge on any atom is 0.0374 e. The number of nitrogens with one attached hydrogen (secondary N) is 1. The summed E-state index contributed by atoms with van der Waals surface area (Å²) in [5.41, 5.74) is 3.42. The van der Waals surface area contributed by atoms with Crippen LogP contribution in [0, 0.1) is 5.41 Å². The third-order valence-corrected chi connectivity index (χ3v) is 4.92. The van der Waals surface area contributed by atoms with E-state index < -0.39 is 0 Å². The van der Waals surface area contributed by atoms with E-state index >= 15 is 0 Å². The molecule has 0 aliphatic heterocycles. The standard InChI is InChI=1S/C19H31N/c1-4-10-16-11-9-12-17(15-16)18(20-5-2)19(3)13-7-6-8-14-19/h9,11-12,15,18,20H,4-8,10,13-14H2,1-3H3. The fourth-order valence-corrected chi connectivity index (χ4v) is 3.84. The SMILES string of the molecule is CCCc1cccc(C(NCC)C2(C)CCCCC2)c1. The van der Waals surface area contributed by atoms with Crippen LogP contribution in [0.3, 0.4) is 0 Å². The van der Waals surface area contributed by atoms with Gasteiger partial charge in [0.05, 0.1) is 0 Å². The number of aryl methyl sites for hydroxylation is 1. The molecular formula is C19H31N. The first kappa shape index (κ1) is 15.6. The predicted molar refractivity (Wildman–Crippen MR) is 88.0 cm³/mol. The van der Waals surface area contributed by atoms with Crippen molar-refractivity contribution in [3.63, 3.8) is 0 Å². The van der Waals surface area contributed by atoms with Gasteiger partial charge in [-0.1, -0.05) is 70.7 Å². The molecule has 0 heterocycles. The topological polar surface area (TPSA) is 12.0 Å². The highest BCUT2D eigenvalue weighted by atomic mass is 14.9. The minimum atomic E-state index is 0.430. The normalized spacial score (nSPS) is 19.8. The molecule has 1 N–H and O–H groups in total. The van der Waals surface area contributed by atoms with Crippen molar-refractivity contribution in [3.05, 3.63) is 35.4 Å². The lowest BCUT2D eigenvalue weighted by molar-refractivity contribution is 0.146. The lowest BCUT2D eigenvalue weighted by Crippen LogP contribution is -2.37. The van der Waals surface area contributed by atoms with Gasteiger partial charge in [0, 0.05) is 6.04 Å². The van der Waals surface area contributed by atoms with Gasteiger partial charge in [0.1, 0.15) is 0 Å². The fourth-order valence-electron chi connectivity index (χ4n) is 3.84. The lowest BCUT2D eigenvalue weighted by Gasteiger charge is -2.41. The summed E-state index contributed by atoms with van der Waals surface area (Å²) in [6.07, 6.45) is 9.37. The Morgan fingerprint density at radius 2 is 1.90 bits per heavy atom. The minimum absolute atomic E-state index is 0.430. The van der Waals surface area contributed by atoms with Gasteiger partial charge in [-0.2, -0.15) is 0 Å². The van der Waals surface area contributed by atoms with Crippen LogP contribution in [0.5, 0.6) is 0 Å². The van der Waals surface area contributed by atoms with Crippen molar-refractivity contribution < 1.29 is 0 Å². The van der Waals surface area contributed by atoms with Gasteiger partial charge in [-0.3, -0.25) is 0 Å². The van der Waals surface area contributed by atoms with Crippen LogP contribution in [-0.4, -0.2) is 6.54 Å². The average molecular weight is 273 g/mol. The molecule has 1 unspecified atom stereocenters. The molecule has 1 atom stereocenters. The molecule has 1 nitrogen and oxygen atoms in total. The Labute approximate surface area is 125 Å². The largest absolute Gasteiger partial charge is 0.310 e. The molecular weight excluding hydrogens is 242 g/mol. The van der Waals surface area contributed by atoms with Crippen LogP contribution in [-0.2, 0) is 6.42 Å². The van der Waals surface area contributed by atoms with Crippen molar-refractivity contribution in [1.82, 2.24) is 5.32 Å². The van der Waals surface area contributed by atoms with E-state index in [0.717, 1.165) is 6.54 Å². The number of hydrogen-bond acceptors (Lipinski definition) is 1. The first-order valence-corrected chi connectivity index (χ1v) is 8.52. The Kier molecular flexibility index (Phi) is 5.65. The maximum atomic E-state index is 3.78. The Morgan fingerprint density at radius 3 is 2.55 bits per heavy atom. The molecule has 0 radical (unpaired) electrons. The average Bonchev–Trinajstić information content (AvgIpc) is 2.46. The van der Waals surface area contributed by atoms with Gasteiger partial charge in [-0.05, 0) is 42.3 Å². The van der Waals surface area contributed by atoms with Crippen LogP contribution in [0.4, 0.5) is 0 Å².